The van der Waals surface area contributed by atoms with Gasteiger partial charge in [-0.25, -0.2) is 9.37 Å². The monoisotopic (exact) mass is 271 g/mol. The first kappa shape index (κ1) is 12.1. The number of hydrogen-bond donors (Lipinski definition) is 0. The van der Waals surface area contributed by atoms with Crippen molar-refractivity contribution in [1.82, 2.24) is 4.98 Å². The highest BCUT2D eigenvalue weighted by Crippen LogP contribution is 2.17. The van der Waals surface area contributed by atoms with Crippen molar-refractivity contribution in [3.8, 4) is 0 Å². The molecule has 1 heterocycles. The van der Waals surface area contributed by atoms with E-state index in [1.807, 2.05) is 0 Å². The van der Waals surface area contributed by atoms with Gasteiger partial charge in [-0.05, 0) is 18.2 Å². The molecule has 0 fully saturated rings. The minimum absolute atomic E-state index is 0.284. The molecule has 0 saturated carbocycles. The van der Waals surface area contributed by atoms with Crippen LogP contribution >= 0.6 is 23.2 Å². The van der Waals surface area contributed by atoms with Gasteiger partial charge in [0.15, 0.2) is 0 Å². The molecule has 0 aliphatic heterocycles. The number of oxazole rings is 1. The molecule has 2 nitrogen and oxygen atoms in total. The molecule has 1 aromatic heterocycles. The third kappa shape index (κ3) is 3.08. The molecule has 2 rings (SSSR count). The second-order valence-electron chi connectivity index (χ2n) is 3.31. The highest BCUT2D eigenvalue weighted by molar-refractivity contribution is 6.30. The largest absolute Gasteiger partial charge is 0.445 e. The van der Waals surface area contributed by atoms with E-state index in [0.29, 0.717) is 22.2 Å². The van der Waals surface area contributed by atoms with E-state index in [0.717, 1.165) is 0 Å². The van der Waals surface area contributed by atoms with E-state index in [4.69, 9.17) is 27.6 Å². The normalized spacial score (nSPS) is 11.2. The zero-order chi connectivity index (χ0) is 12.3. The van der Waals surface area contributed by atoms with Gasteiger partial charge >= 0.3 is 0 Å². The van der Waals surface area contributed by atoms with Gasteiger partial charge in [-0.15, -0.1) is 11.6 Å². The molecule has 5 heteroatoms. The predicted octanol–water partition coefficient (Wildman–Crippen LogP) is 4.38. The first-order valence-corrected chi connectivity index (χ1v) is 5.74. The maximum absolute atomic E-state index is 13.4. The first-order chi connectivity index (χ1) is 8.19. The van der Waals surface area contributed by atoms with Crippen molar-refractivity contribution >= 4 is 35.4 Å². The number of rotatable bonds is 3. The summed E-state index contributed by atoms with van der Waals surface area (Å²) in [4.78, 5) is 4.06. The van der Waals surface area contributed by atoms with Crippen molar-refractivity contribution in [3.05, 3.63) is 52.5 Å². The minimum Gasteiger partial charge on any atom is -0.445 e. The Morgan fingerprint density at radius 3 is 2.82 bits per heavy atom. The molecule has 0 atom stereocenters. The highest BCUT2D eigenvalue weighted by atomic mass is 35.5. The second-order valence-corrected chi connectivity index (χ2v) is 4.01. The molecule has 0 saturated heterocycles. The molecule has 0 N–H and O–H groups in total. The summed E-state index contributed by atoms with van der Waals surface area (Å²) in [5.41, 5.74) is 1.06. The van der Waals surface area contributed by atoms with Crippen LogP contribution in [0.1, 0.15) is 17.1 Å². The minimum atomic E-state index is -0.391. The van der Waals surface area contributed by atoms with Crippen LogP contribution in [0.5, 0.6) is 0 Å². The molecule has 2 aromatic rings. The molecule has 0 aliphatic carbocycles. The van der Waals surface area contributed by atoms with Crippen molar-refractivity contribution in [2.24, 2.45) is 0 Å². The fourth-order valence-electron chi connectivity index (χ4n) is 1.26. The molecule has 0 spiro atoms. The Morgan fingerprint density at radius 2 is 2.18 bits per heavy atom. The van der Waals surface area contributed by atoms with E-state index in [1.165, 1.54) is 12.3 Å². The Hall–Kier alpha value is -1.32. The summed E-state index contributed by atoms with van der Waals surface area (Å²) in [5.74, 6) is 0.278. The van der Waals surface area contributed by atoms with Gasteiger partial charge < -0.3 is 4.42 Å². The molecule has 0 amide bonds. The van der Waals surface area contributed by atoms with Crippen molar-refractivity contribution in [2.75, 3.05) is 0 Å². The van der Waals surface area contributed by atoms with E-state index >= 15 is 0 Å². The van der Waals surface area contributed by atoms with Gasteiger partial charge in [0.05, 0.1) is 11.6 Å². The summed E-state index contributed by atoms with van der Waals surface area (Å²) in [7, 11) is 0. The third-order valence-corrected chi connectivity index (χ3v) is 2.58. The summed E-state index contributed by atoms with van der Waals surface area (Å²) >= 11 is 11.2. The summed E-state index contributed by atoms with van der Waals surface area (Å²) in [5, 5.41) is 0.361. The Labute approximate surface area is 108 Å². The van der Waals surface area contributed by atoms with Gasteiger partial charge in [0.25, 0.3) is 0 Å². The molecule has 88 valence electrons. The molecule has 1 aromatic carbocycles. The lowest BCUT2D eigenvalue weighted by atomic mass is 10.2. The van der Waals surface area contributed by atoms with E-state index in [9.17, 15) is 4.39 Å². The Kier molecular flexibility index (Phi) is 3.82. The summed E-state index contributed by atoms with van der Waals surface area (Å²) in [6.07, 6.45) is 4.60. The van der Waals surface area contributed by atoms with Crippen LogP contribution in [-0.4, -0.2) is 4.98 Å². The Bertz CT molecular complexity index is 551. The van der Waals surface area contributed by atoms with Crippen molar-refractivity contribution in [2.45, 2.75) is 5.88 Å². The number of alkyl halides is 1. The van der Waals surface area contributed by atoms with Crippen LogP contribution in [0.3, 0.4) is 0 Å². The molecular formula is C12H8Cl2FNO. The number of hydrogen-bond acceptors (Lipinski definition) is 2. The summed E-state index contributed by atoms with van der Waals surface area (Å²) < 4.78 is 18.5. The predicted molar refractivity (Wildman–Crippen MR) is 66.4 cm³/mol. The topological polar surface area (TPSA) is 26.0 Å². The van der Waals surface area contributed by atoms with Gasteiger partial charge in [0.2, 0.25) is 5.89 Å². The van der Waals surface area contributed by atoms with Crippen molar-refractivity contribution < 1.29 is 8.81 Å². The van der Waals surface area contributed by atoms with Crippen LogP contribution in [0.15, 0.2) is 28.9 Å². The molecule has 0 unspecified atom stereocenters. The maximum atomic E-state index is 13.4. The average molecular weight is 272 g/mol. The maximum Gasteiger partial charge on any atom is 0.218 e. The van der Waals surface area contributed by atoms with E-state index in [1.54, 1.807) is 24.3 Å². The number of nitrogens with zero attached hydrogens (tertiary/aromatic N) is 1. The Balaban J connectivity index is 2.19. The standard InChI is InChI=1S/C12H8Cl2FNO/c13-6-10-7-17-12(16-10)4-2-8-1-3-9(14)5-11(8)15/h1-5,7H,6H2. The second kappa shape index (κ2) is 5.34. The van der Waals surface area contributed by atoms with E-state index in [2.05, 4.69) is 4.98 Å². The zero-order valence-corrected chi connectivity index (χ0v) is 10.2. The van der Waals surface area contributed by atoms with E-state index in [-0.39, 0.29) is 5.88 Å². The van der Waals surface area contributed by atoms with Gasteiger partial charge in [0.1, 0.15) is 12.1 Å². The van der Waals surface area contributed by atoms with Crippen LogP contribution in [0, 0.1) is 5.82 Å². The van der Waals surface area contributed by atoms with Gasteiger partial charge in [0, 0.05) is 16.7 Å². The van der Waals surface area contributed by atoms with Crippen LogP contribution in [0.25, 0.3) is 12.2 Å². The van der Waals surface area contributed by atoms with Crippen LogP contribution in [0.4, 0.5) is 4.39 Å². The fraction of sp³-hybridized carbons (Fsp3) is 0.0833. The fourth-order valence-corrected chi connectivity index (χ4v) is 1.54. The highest BCUT2D eigenvalue weighted by Gasteiger charge is 2.01. The van der Waals surface area contributed by atoms with Gasteiger partial charge in [-0.2, -0.15) is 0 Å². The SMILES string of the molecule is Fc1cc(Cl)ccc1C=Cc1nc(CCl)co1. The van der Waals surface area contributed by atoms with Crippen LogP contribution in [-0.2, 0) is 5.88 Å². The average Bonchev–Trinajstić information content (AvgIpc) is 2.76. The first-order valence-electron chi connectivity index (χ1n) is 4.82. The molecular weight excluding hydrogens is 264 g/mol. The lowest BCUT2D eigenvalue weighted by molar-refractivity contribution is 0.546. The Morgan fingerprint density at radius 1 is 1.35 bits per heavy atom. The van der Waals surface area contributed by atoms with Crippen molar-refractivity contribution in [1.29, 1.82) is 0 Å². The lowest BCUT2D eigenvalue weighted by Crippen LogP contribution is -1.81. The zero-order valence-electron chi connectivity index (χ0n) is 8.66. The number of halogens is 3. The third-order valence-electron chi connectivity index (χ3n) is 2.07. The summed E-state index contributed by atoms with van der Waals surface area (Å²) in [6.45, 7) is 0. The number of benzene rings is 1. The molecule has 0 aliphatic rings. The quantitative estimate of drug-likeness (QED) is 0.775. The van der Waals surface area contributed by atoms with Gasteiger partial charge in [-0.1, -0.05) is 17.7 Å². The van der Waals surface area contributed by atoms with Gasteiger partial charge in [-0.3, -0.25) is 0 Å². The van der Waals surface area contributed by atoms with E-state index < -0.39 is 5.82 Å². The smallest absolute Gasteiger partial charge is 0.218 e. The molecule has 17 heavy (non-hydrogen) atoms. The summed E-state index contributed by atoms with van der Waals surface area (Å²) in [6, 6.07) is 4.45. The van der Waals surface area contributed by atoms with Crippen molar-refractivity contribution in [3.63, 3.8) is 0 Å². The number of aromatic nitrogens is 1. The molecule has 0 radical (unpaired) electrons. The lowest BCUT2D eigenvalue weighted by Gasteiger charge is -1.96. The molecule has 0 bridgehead atoms. The van der Waals surface area contributed by atoms with Crippen LogP contribution < -0.4 is 0 Å². The van der Waals surface area contributed by atoms with Crippen LogP contribution in [0.2, 0.25) is 5.02 Å².